The number of alkyl halides is 3. The largest absolute Gasteiger partial charge is 0.399 e. The summed E-state index contributed by atoms with van der Waals surface area (Å²) in [5.41, 5.74) is 0. The van der Waals surface area contributed by atoms with Gasteiger partial charge in [0.15, 0.2) is 0 Å². The normalized spacial score (nSPS) is 11.0. The molecule has 0 atom stereocenters. The highest BCUT2D eigenvalue weighted by molar-refractivity contribution is 6.75. The lowest BCUT2D eigenvalue weighted by molar-refractivity contribution is -0.182. The smallest absolute Gasteiger partial charge is 0.250 e. The molecule has 2 nitrogen and oxygen atoms in total. The summed E-state index contributed by atoms with van der Waals surface area (Å²) in [4.78, 5) is 12.4. The second kappa shape index (κ2) is 2.71. The first-order chi connectivity index (χ1) is 3.48. The van der Waals surface area contributed by atoms with Crippen LogP contribution in [0.4, 0.5) is 4.53 Å². The Bertz CT molecular complexity index is 97.9. The number of carbonyl (C=O) groups is 1. The SMILES string of the molecule is O=C(OF)C(Cl)(Cl)Cl. The fourth-order valence-electron chi connectivity index (χ4n) is 0.0437. The number of hydrogen-bond acceptors (Lipinski definition) is 2. The van der Waals surface area contributed by atoms with E-state index in [0.29, 0.717) is 0 Å². The van der Waals surface area contributed by atoms with Crippen molar-refractivity contribution >= 4 is 40.8 Å². The van der Waals surface area contributed by atoms with Gasteiger partial charge in [-0.25, -0.2) is 9.74 Å². The molecule has 0 aromatic carbocycles. The molecule has 0 aromatic rings. The van der Waals surface area contributed by atoms with Gasteiger partial charge in [-0.15, -0.1) is 0 Å². The minimum atomic E-state index is -2.31. The summed E-state index contributed by atoms with van der Waals surface area (Å²) in [5, 5.41) is 0. The first-order valence-electron chi connectivity index (χ1n) is 1.38. The van der Waals surface area contributed by atoms with Crippen molar-refractivity contribution in [3.8, 4) is 0 Å². The zero-order valence-electron chi connectivity index (χ0n) is 3.33. The Morgan fingerprint density at radius 2 is 1.88 bits per heavy atom. The van der Waals surface area contributed by atoms with E-state index in [9.17, 15) is 9.32 Å². The van der Waals surface area contributed by atoms with Crippen molar-refractivity contribution in [3.63, 3.8) is 0 Å². The molecule has 0 amide bonds. The van der Waals surface area contributed by atoms with Crippen molar-refractivity contribution < 1.29 is 14.3 Å². The molecule has 0 aliphatic heterocycles. The van der Waals surface area contributed by atoms with Crippen LogP contribution in [0, 0.1) is 0 Å². The third-order valence-electron chi connectivity index (χ3n) is 0.302. The van der Waals surface area contributed by atoms with Crippen LogP contribution in [0.25, 0.3) is 0 Å². The van der Waals surface area contributed by atoms with Gasteiger partial charge in [0.2, 0.25) is 0 Å². The van der Waals surface area contributed by atoms with Crippen molar-refractivity contribution in [2.24, 2.45) is 0 Å². The Balaban J connectivity index is 3.82. The monoisotopic (exact) mass is 180 g/mol. The molecule has 0 rings (SSSR count). The van der Waals surface area contributed by atoms with E-state index in [4.69, 9.17) is 34.8 Å². The van der Waals surface area contributed by atoms with Crippen LogP contribution in [-0.4, -0.2) is 9.76 Å². The van der Waals surface area contributed by atoms with Crippen LogP contribution in [0.3, 0.4) is 0 Å². The third kappa shape index (κ3) is 2.55. The van der Waals surface area contributed by atoms with Crippen molar-refractivity contribution in [1.82, 2.24) is 0 Å². The lowest BCUT2D eigenvalue weighted by atomic mass is 10.8. The van der Waals surface area contributed by atoms with Crippen LogP contribution in [0.15, 0.2) is 0 Å². The van der Waals surface area contributed by atoms with Crippen molar-refractivity contribution in [1.29, 1.82) is 0 Å². The average molecular weight is 181 g/mol. The third-order valence-corrected chi connectivity index (χ3v) is 0.764. The minimum Gasteiger partial charge on any atom is -0.250 e. The molecule has 0 radical (unpaired) electrons. The molecule has 0 heterocycles. The van der Waals surface area contributed by atoms with E-state index in [1.54, 1.807) is 0 Å². The molecule has 6 heteroatoms. The predicted octanol–water partition coefficient (Wildman–Crippen LogP) is 1.78. The van der Waals surface area contributed by atoms with Crippen molar-refractivity contribution in [2.45, 2.75) is 3.79 Å². The topological polar surface area (TPSA) is 26.3 Å². The minimum absolute atomic E-state index is 1.54. The van der Waals surface area contributed by atoms with Gasteiger partial charge >= 0.3 is 5.97 Å². The molecule has 0 aliphatic rings. The molecule has 0 bridgehead atoms. The van der Waals surface area contributed by atoms with Gasteiger partial charge in [-0.2, -0.15) is 0 Å². The summed E-state index contributed by atoms with van der Waals surface area (Å²) < 4.78 is 8.47. The zero-order valence-corrected chi connectivity index (χ0v) is 5.60. The van der Waals surface area contributed by atoms with Gasteiger partial charge in [-0.1, -0.05) is 34.8 Å². The van der Waals surface area contributed by atoms with E-state index in [1.807, 2.05) is 0 Å². The lowest BCUT2D eigenvalue weighted by Gasteiger charge is -2.01. The van der Waals surface area contributed by atoms with Gasteiger partial charge < -0.3 is 0 Å². The summed E-state index contributed by atoms with van der Waals surface area (Å²) in [7, 11) is 0. The second-order valence-electron chi connectivity index (χ2n) is 0.862. The molecule has 0 unspecified atom stereocenters. The zero-order chi connectivity index (χ0) is 6.78. The number of halogens is 4. The highest BCUT2D eigenvalue weighted by Gasteiger charge is 2.33. The van der Waals surface area contributed by atoms with Crippen molar-refractivity contribution in [3.05, 3.63) is 0 Å². The highest BCUT2D eigenvalue weighted by Crippen LogP contribution is 2.27. The van der Waals surface area contributed by atoms with Gasteiger partial charge in [0.05, 0.1) is 0 Å². The lowest BCUT2D eigenvalue weighted by Crippen LogP contribution is -2.18. The van der Waals surface area contributed by atoms with Crippen LogP contribution >= 0.6 is 34.8 Å². The number of rotatable bonds is 0. The fourth-order valence-corrected chi connectivity index (χ4v) is 0.131. The van der Waals surface area contributed by atoms with Crippen LogP contribution in [-0.2, 0) is 9.74 Å². The molecule has 0 spiro atoms. The van der Waals surface area contributed by atoms with Crippen LogP contribution < -0.4 is 0 Å². The molecule has 0 N–H and O–H groups in total. The first kappa shape index (κ1) is 8.27. The average Bonchev–Trinajstić information content (AvgIpc) is 1.62. The summed E-state index contributed by atoms with van der Waals surface area (Å²) in [6.45, 7) is 0. The molecule has 0 aliphatic carbocycles. The Hall–Kier alpha value is 0.270. The molecule has 0 aromatic heterocycles. The quantitative estimate of drug-likeness (QED) is 0.533. The molecule has 48 valence electrons. The van der Waals surface area contributed by atoms with Crippen molar-refractivity contribution in [2.75, 3.05) is 0 Å². The summed E-state index contributed by atoms with van der Waals surface area (Å²) >= 11 is 14.4. The Labute approximate surface area is 59.4 Å². The van der Waals surface area contributed by atoms with Gasteiger partial charge in [0, 0.05) is 4.53 Å². The summed E-state index contributed by atoms with van der Waals surface area (Å²) in [5.74, 6) is -1.54. The predicted molar refractivity (Wildman–Crippen MR) is 27.5 cm³/mol. The second-order valence-corrected chi connectivity index (χ2v) is 3.14. The maximum atomic E-state index is 10.8. The van der Waals surface area contributed by atoms with Gasteiger partial charge in [0.1, 0.15) is 0 Å². The Kier molecular flexibility index (Phi) is 2.80. The maximum absolute atomic E-state index is 10.8. The highest BCUT2D eigenvalue weighted by atomic mass is 35.6. The molecule has 8 heavy (non-hydrogen) atoms. The first-order valence-corrected chi connectivity index (χ1v) is 2.51. The van der Waals surface area contributed by atoms with Crippen LogP contribution in [0.1, 0.15) is 0 Å². The van der Waals surface area contributed by atoms with E-state index in [1.165, 1.54) is 0 Å². The Morgan fingerprint density at radius 1 is 1.50 bits per heavy atom. The fraction of sp³-hybridized carbons (Fsp3) is 0.500. The summed E-state index contributed by atoms with van der Waals surface area (Å²) in [6.07, 6.45) is 0. The van der Waals surface area contributed by atoms with Crippen LogP contribution in [0.5, 0.6) is 0 Å². The van der Waals surface area contributed by atoms with Gasteiger partial charge in [-0.05, 0) is 0 Å². The molecule has 0 fully saturated rings. The van der Waals surface area contributed by atoms with Crippen LogP contribution in [0.2, 0.25) is 0 Å². The van der Waals surface area contributed by atoms with E-state index in [0.717, 1.165) is 0 Å². The van der Waals surface area contributed by atoms with E-state index >= 15 is 0 Å². The van der Waals surface area contributed by atoms with E-state index in [2.05, 4.69) is 4.94 Å². The molecule has 0 saturated heterocycles. The molecular weight excluding hydrogens is 181 g/mol. The molecular formula is C2Cl3FO2. The number of carbonyl (C=O) groups excluding carboxylic acids is 1. The number of hydrogen-bond donors (Lipinski definition) is 0. The maximum Gasteiger partial charge on any atom is 0.399 e. The molecule has 0 saturated carbocycles. The summed E-state index contributed by atoms with van der Waals surface area (Å²) in [6, 6.07) is 0. The standard InChI is InChI=1S/C2Cl3FO2/c3-2(4,5)1(7)8-6. The van der Waals surface area contributed by atoms with E-state index < -0.39 is 9.76 Å². The van der Waals surface area contributed by atoms with Gasteiger partial charge in [0.25, 0.3) is 3.79 Å². The van der Waals surface area contributed by atoms with Gasteiger partial charge in [-0.3, -0.25) is 0 Å². The van der Waals surface area contributed by atoms with E-state index in [-0.39, 0.29) is 0 Å². The Morgan fingerprint density at radius 3 is 1.88 bits per heavy atom.